The standard InChI is InChI=1S/C17H23N3O3S/c1-5-23-12-7-6-8-20(9-12)15-13-10(2)14(17(21)22-4)24-16(13)19-11(3)18-15/h12H,5-9H2,1-4H3. The molecule has 1 fully saturated rings. The largest absolute Gasteiger partial charge is 0.465 e. The summed E-state index contributed by atoms with van der Waals surface area (Å²) in [4.78, 5) is 24.9. The summed E-state index contributed by atoms with van der Waals surface area (Å²) in [5.74, 6) is 1.31. The Morgan fingerprint density at radius 3 is 2.88 bits per heavy atom. The maximum Gasteiger partial charge on any atom is 0.348 e. The highest BCUT2D eigenvalue weighted by Gasteiger charge is 2.26. The Morgan fingerprint density at radius 2 is 2.17 bits per heavy atom. The highest BCUT2D eigenvalue weighted by atomic mass is 32.1. The highest BCUT2D eigenvalue weighted by molar-refractivity contribution is 7.20. The van der Waals surface area contributed by atoms with Crippen molar-refractivity contribution in [2.45, 2.75) is 39.7 Å². The number of aromatic nitrogens is 2. The van der Waals surface area contributed by atoms with Crippen molar-refractivity contribution in [3.8, 4) is 0 Å². The minimum atomic E-state index is -0.315. The molecular formula is C17H23N3O3S. The van der Waals surface area contributed by atoms with Gasteiger partial charge in [0.1, 0.15) is 21.3 Å². The number of anilines is 1. The van der Waals surface area contributed by atoms with Gasteiger partial charge in [0.15, 0.2) is 0 Å². The van der Waals surface area contributed by atoms with E-state index in [2.05, 4.69) is 9.88 Å². The van der Waals surface area contributed by atoms with Gasteiger partial charge in [-0.25, -0.2) is 14.8 Å². The first-order chi connectivity index (χ1) is 11.5. The van der Waals surface area contributed by atoms with Gasteiger partial charge in [0.25, 0.3) is 0 Å². The van der Waals surface area contributed by atoms with Crippen molar-refractivity contribution in [1.29, 1.82) is 0 Å². The van der Waals surface area contributed by atoms with Crippen molar-refractivity contribution in [3.05, 3.63) is 16.3 Å². The monoisotopic (exact) mass is 349 g/mol. The van der Waals surface area contributed by atoms with Crippen LogP contribution in [-0.4, -0.2) is 48.8 Å². The minimum absolute atomic E-state index is 0.230. The number of piperidine rings is 1. The zero-order chi connectivity index (χ0) is 17.3. The van der Waals surface area contributed by atoms with Gasteiger partial charge in [-0.05, 0) is 39.2 Å². The van der Waals surface area contributed by atoms with E-state index in [4.69, 9.17) is 14.5 Å². The number of aryl methyl sites for hydroxylation is 2. The summed E-state index contributed by atoms with van der Waals surface area (Å²) in [6.45, 7) is 8.34. The molecule has 0 saturated carbocycles. The maximum absolute atomic E-state index is 12.0. The zero-order valence-corrected chi connectivity index (χ0v) is 15.4. The van der Waals surface area contributed by atoms with Gasteiger partial charge in [0, 0.05) is 19.7 Å². The predicted octanol–water partition coefficient (Wildman–Crippen LogP) is 3.10. The fourth-order valence-corrected chi connectivity index (χ4v) is 4.38. The number of nitrogens with zero attached hydrogens (tertiary/aromatic N) is 3. The van der Waals surface area contributed by atoms with E-state index in [1.165, 1.54) is 18.4 Å². The number of carbonyl (C=O) groups is 1. The van der Waals surface area contributed by atoms with Crippen LogP contribution >= 0.6 is 11.3 Å². The van der Waals surface area contributed by atoms with E-state index < -0.39 is 0 Å². The second kappa shape index (κ2) is 7.03. The van der Waals surface area contributed by atoms with Crippen molar-refractivity contribution >= 4 is 33.3 Å². The summed E-state index contributed by atoms with van der Waals surface area (Å²) in [7, 11) is 1.40. The Balaban J connectivity index is 2.06. The van der Waals surface area contributed by atoms with E-state index in [-0.39, 0.29) is 12.1 Å². The number of rotatable bonds is 4. The minimum Gasteiger partial charge on any atom is -0.465 e. The van der Waals surface area contributed by atoms with Crippen molar-refractivity contribution < 1.29 is 14.3 Å². The van der Waals surface area contributed by atoms with Gasteiger partial charge in [-0.2, -0.15) is 0 Å². The Labute approximate surface area is 145 Å². The van der Waals surface area contributed by atoms with Crippen molar-refractivity contribution in [2.24, 2.45) is 0 Å². The van der Waals surface area contributed by atoms with Crippen molar-refractivity contribution in [3.63, 3.8) is 0 Å². The first-order valence-electron chi connectivity index (χ1n) is 8.27. The first-order valence-corrected chi connectivity index (χ1v) is 9.09. The fourth-order valence-electron chi connectivity index (χ4n) is 3.24. The van der Waals surface area contributed by atoms with Crippen molar-refractivity contribution in [1.82, 2.24) is 9.97 Å². The van der Waals surface area contributed by atoms with Crippen LogP contribution in [0.2, 0.25) is 0 Å². The molecule has 1 unspecified atom stereocenters. The summed E-state index contributed by atoms with van der Waals surface area (Å²) >= 11 is 1.38. The molecule has 0 spiro atoms. The zero-order valence-electron chi connectivity index (χ0n) is 14.6. The van der Waals surface area contributed by atoms with Crippen LogP contribution < -0.4 is 4.90 Å². The molecule has 0 aromatic carbocycles. The molecule has 6 nitrogen and oxygen atoms in total. The molecule has 0 N–H and O–H groups in total. The Morgan fingerprint density at radius 1 is 1.38 bits per heavy atom. The maximum atomic E-state index is 12.0. The number of esters is 1. The predicted molar refractivity (Wildman–Crippen MR) is 95.1 cm³/mol. The lowest BCUT2D eigenvalue weighted by atomic mass is 10.1. The van der Waals surface area contributed by atoms with Crippen LogP contribution in [-0.2, 0) is 9.47 Å². The molecule has 7 heteroatoms. The molecule has 1 atom stereocenters. The van der Waals surface area contributed by atoms with Crippen LogP contribution in [0.15, 0.2) is 0 Å². The molecule has 24 heavy (non-hydrogen) atoms. The molecular weight excluding hydrogens is 326 g/mol. The normalized spacial score (nSPS) is 18.2. The average molecular weight is 349 g/mol. The molecule has 0 radical (unpaired) electrons. The third-order valence-electron chi connectivity index (χ3n) is 4.33. The number of thiophene rings is 1. The number of methoxy groups -OCH3 is 1. The smallest absolute Gasteiger partial charge is 0.348 e. The Kier molecular flexibility index (Phi) is 5.01. The molecule has 1 saturated heterocycles. The highest BCUT2D eigenvalue weighted by Crippen LogP contribution is 2.36. The summed E-state index contributed by atoms with van der Waals surface area (Å²) < 4.78 is 10.7. The first kappa shape index (κ1) is 17.1. The lowest BCUT2D eigenvalue weighted by Gasteiger charge is -2.33. The second-order valence-electron chi connectivity index (χ2n) is 5.99. The number of hydrogen-bond acceptors (Lipinski definition) is 7. The third-order valence-corrected chi connectivity index (χ3v) is 5.50. The molecule has 0 bridgehead atoms. The van der Waals surface area contributed by atoms with Crippen LogP contribution in [0.4, 0.5) is 5.82 Å². The molecule has 0 aliphatic carbocycles. The van der Waals surface area contributed by atoms with Gasteiger partial charge < -0.3 is 14.4 Å². The molecule has 3 heterocycles. The average Bonchev–Trinajstić information content (AvgIpc) is 2.90. The van der Waals surface area contributed by atoms with E-state index in [1.54, 1.807) is 0 Å². The summed E-state index contributed by atoms with van der Waals surface area (Å²) in [6.07, 6.45) is 2.38. The molecule has 2 aromatic heterocycles. The van der Waals surface area contributed by atoms with E-state index in [0.717, 1.165) is 54.1 Å². The third kappa shape index (κ3) is 3.10. The molecule has 2 aromatic rings. The van der Waals surface area contributed by atoms with E-state index in [1.807, 2.05) is 20.8 Å². The number of ether oxygens (including phenoxy) is 2. The van der Waals surface area contributed by atoms with Crippen LogP contribution in [0.3, 0.4) is 0 Å². The van der Waals surface area contributed by atoms with Crippen LogP contribution in [0.1, 0.15) is 40.8 Å². The molecule has 3 rings (SSSR count). The van der Waals surface area contributed by atoms with Gasteiger partial charge in [-0.1, -0.05) is 0 Å². The van der Waals surface area contributed by atoms with E-state index >= 15 is 0 Å². The van der Waals surface area contributed by atoms with Crippen LogP contribution in [0.5, 0.6) is 0 Å². The van der Waals surface area contributed by atoms with E-state index in [9.17, 15) is 4.79 Å². The molecule has 1 aliphatic heterocycles. The lowest BCUT2D eigenvalue weighted by molar-refractivity contribution is 0.0525. The second-order valence-corrected chi connectivity index (χ2v) is 6.99. The van der Waals surface area contributed by atoms with Gasteiger partial charge in [-0.3, -0.25) is 0 Å². The quantitative estimate of drug-likeness (QED) is 0.790. The molecule has 1 aliphatic rings. The Bertz CT molecular complexity index is 757. The van der Waals surface area contributed by atoms with E-state index in [0.29, 0.717) is 10.7 Å². The summed E-state index contributed by atoms with van der Waals surface area (Å²) in [5.41, 5.74) is 0.899. The van der Waals surface area contributed by atoms with Gasteiger partial charge in [0.2, 0.25) is 0 Å². The summed E-state index contributed by atoms with van der Waals surface area (Å²) in [6, 6.07) is 0. The Hall–Kier alpha value is -1.73. The van der Waals surface area contributed by atoms with Gasteiger partial charge in [0.05, 0.1) is 18.6 Å². The van der Waals surface area contributed by atoms with Crippen LogP contribution in [0, 0.1) is 13.8 Å². The number of hydrogen-bond donors (Lipinski definition) is 0. The summed E-state index contributed by atoms with van der Waals surface area (Å²) in [5, 5.41) is 0.961. The lowest BCUT2D eigenvalue weighted by Crippen LogP contribution is -2.40. The van der Waals surface area contributed by atoms with Gasteiger partial charge in [-0.15, -0.1) is 11.3 Å². The number of carbonyl (C=O) groups excluding carboxylic acids is 1. The molecule has 0 amide bonds. The molecule has 130 valence electrons. The SMILES string of the molecule is CCOC1CCCN(c2nc(C)nc3sc(C(=O)OC)c(C)c23)C1. The fraction of sp³-hybridized carbons (Fsp3) is 0.588. The van der Waals surface area contributed by atoms with Gasteiger partial charge >= 0.3 is 5.97 Å². The van der Waals surface area contributed by atoms with Crippen molar-refractivity contribution in [2.75, 3.05) is 31.7 Å². The van der Waals surface area contributed by atoms with Crippen LogP contribution in [0.25, 0.3) is 10.2 Å². The number of fused-ring (bicyclic) bond motifs is 1. The topological polar surface area (TPSA) is 64.5 Å².